The SMILES string of the molecule is COc1ccc2[nH]c(C(=O)Nc3cc4c(=O)n5c(nc4cc3C)CCC5)cc2c1. The van der Waals surface area contributed by atoms with Gasteiger partial charge < -0.3 is 15.0 Å². The Balaban J connectivity index is 1.52. The van der Waals surface area contributed by atoms with E-state index in [-0.39, 0.29) is 11.5 Å². The lowest BCUT2D eigenvalue weighted by molar-refractivity contribution is 0.102. The van der Waals surface area contributed by atoms with Gasteiger partial charge in [-0.05, 0) is 55.3 Å². The van der Waals surface area contributed by atoms with Crippen LogP contribution in [0.2, 0.25) is 0 Å². The summed E-state index contributed by atoms with van der Waals surface area (Å²) in [5.41, 5.74) is 3.39. The van der Waals surface area contributed by atoms with Gasteiger partial charge in [0.1, 0.15) is 17.3 Å². The fourth-order valence-electron chi connectivity index (χ4n) is 3.92. The number of H-pyrrole nitrogens is 1. The summed E-state index contributed by atoms with van der Waals surface area (Å²) in [5, 5.41) is 4.34. The van der Waals surface area contributed by atoms with E-state index in [1.807, 2.05) is 31.2 Å². The number of hydrogen-bond acceptors (Lipinski definition) is 4. The highest BCUT2D eigenvalue weighted by atomic mass is 16.5. The van der Waals surface area contributed by atoms with Gasteiger partial charge in [0.05, 0.1) is 18.0 Å². The molecule has 2 aromatic heterocycles. The number of aromatic nitrogens is 3. The molecular formula is C22H20N4O3. The maximum atomic E-state index is 12.8. The topological polar surface area (TPSA) is 89.0 Å². The van der Waals surface area contributed by atoms with Crippen molar-refractivity contribution in [3.05, 3.63) is 63.8 Å². The van der Waals surface area contributed by atoms with Crippen LogP contribution in [-0.4, -0.2) is 27.6 Å². The third-order valence-corrected chi connectivity index (χ3v) is 5.48. The van der Waals surface area contributed by atoms with E-state index in [1.54, 1.807) is 23.8 Å². The average Bonchev–Trinajstić information content (AvgIpc) is 3.35. The molecule has 3 heterocycles. The normalized spacial score (nSPS) is 13.0. The fraction of sp³-hybridized carbons (Fsp3) is 0.227. The first kappa shape index (κ1) is 17.5. The number of carbonyl (C=O) groups excluding carboxylic acids is 1. The third-order valence-electron chi connectivity index (χ3n) is 5.48. The minimum atomic E-state index is -0.267. The summed E-state index contributed by atoms with van der Waals surface area (Å²) < 4.78 is 6.97. The number of carbonyl (C=O) groups is 1. The van der Waals surface area contributed by atoms with Gasteiger partial charge >= 0.3 is 0 Å². The van der Waals surface area contributed by atoms with Crippen molar-refractivity contribution in [2.75, 3.05) is 12.4 Å². The minimum absolute atomic E-state index is 0.0456. The molecule has 29 heavy (non-hydrogen) atoms. The van der Waals surface area contributed by atoms with Gasteiger partial charge in [0.2, 0.25) is 0 Å². The molecule has 0 saturated heterocycles. The molecule has 4 aromatic rings. The van der Waals surface area contributed by atoms with Crippen molar-refractivity contribution < 1.29 is 9.53 Å². The van der Waals surface area contributed by atoms with Crippen molar-refractivity contribution in [1.82, 2.24) is 14.5 Å². The molecule has 0 bridgehead atoms. The molecule has 0 atom stereocenters. The van der Waals surface area contributed by atoms with Gasteiger partial charge in [0.15, 0.2) is 0 Å². The highest BCUT2D eigenvalue weighted by Gasteiger charge is 2.18. The Morgan fingerprint density at radius 2 is 2.10 bits per heavy atom. The number of anilines is 1. The van der Waals surface area contributed by atoms with E-state index in [0.717, 1.165) is 40.9 Å². The number of nitrogens with zero attached hydrogens (tertiary/aromatic N) is 2. The standard InChI is InChI=1S/C22H20N4O3/c1-12-8-18-15(22(28)26-7-3-4-20(26)24-18)11-17(12)25-21(27)19-10-13-9-14(29-2)5-6-16(13)23-19/h5-6,8-11,23H,3-4,7H2,1-2H3,(H,25,27). The van der Waals surface area contributed by atoms with Crippen LogP contribution in [-0.2, 0) is 13.0 Å². The molecular weight excluding hydrogens is 368 g/mol. The van der Waals surface area contributed by atoms with Crippen LogP contribution in [0.4, 0.5) is 5.69 Å². The van der Waals surface area contributed by atoms with Crippen molar-refractivity contribution in [1.29, 1.82) is 0 Å². The third kappa shape index (κ3) is 2.86. The Labute approximate surface area is 166 Å². The summed E-state index contributed by atoms with van der Waals surface area (Å²) in [6.07, 6.45) is 1.76. The molecule has 0 radical (unpaired) electrons. The second kappa shape index (κ2) is 6.48. The summed E-state index contributed by atoms with van der Waals surface area (Å²) in [6, 6.07) is 11.0. The molecule has 146 valence electrons. The molecule has 0 fully saturated rings. The Hall–Kier alpha value is -3.61. The van der Waals surface area contributed by atoms with Gasteiger partial charge in [-0.1, -0.05) is 0 Å². The van der Waals surface area contributed by atoms with Gasteiger partial charge in [-0.2, -0.15) is 0 Å². The zero-order valence-electron chi connectivity index (χ0n) is 16.2. The predicted molar refractivity (Wildman–Crippen MR) is 112 cm³/mol. The van der Waals surface area contributed by atoms with Crippen LogP contribution >= 0.6 is 0 Å². The van der Waals surface area contributed by atoms with Gasteiger partial charge in [0.25, 0.3) is 11.5 Å². The largest absolute Gasteiger partial charge is 0.497 e. The Kier molecular flexibility index (Phi) is 3.91. The maximum absolute atomic E-state index is 12.8. The summed E-state index contributed by atoms with van der Waals surface area (Å²) >= 11 is 0. The van der Waals surface area contributed by atoms with Crippen molar-refractivity contribution in [3.8, 4) is 5.75 Å². The van der Waals surface area contributed by atoms with Gasteiger partial charge in [-0.3, -0.25) is 14.2 Å². The van der Waals surface area contributed by atoms with Crippen LogP contribution in [0.15, 0.2) is 41.2 Å². The lowest BCUT2D eigenvalue weighted by atomic mass is 10.1. The smallest absolute Gasteiger partial charge is 0.272 e. The van der Waals surface area contributed by atoms with Crippen LogP contribution < -0.4 is 15.6 Å². The quantitative estimate of drug-likeness (QED) is 0.563. The molecule has 0 saturated carbocycles. The van der Waals surface area contributed by atoms with E-state index in [0.29, 0.717) is 28.8 Å². The van der Waals surface area contributed by atoms with Gasteiger partial charge in [0, 0.05) is 29.6 Å². The van der Waals surface area contributed by atoms with Crippen molar-refractivity contribution in [2.24, 2.45) is 0 Å². The first-order valence-electron chi connectivity index (χ1n) is 9.55. The number of fused-ring (bicyclic) bond motifs is 3. The first-order chi connectivity index (χ1) is 14.0. The zero-order valence-corrected chi connectivity index (χ0v) is 16.2. The summed E-state index contributed by atoms with van der Waals surface area (Å²) in [4.78, 5) is 33.4. The lowest BCUT2D eigenvalue weighted by Gasteiger charge is -2.11. The molecule has 0 unspecified atom stereocenters. The highest BCUT2D eigenvalue weighted by molar-refractivity contribution is 6.07. The molecule has 2 N–H and O–H groups in total. The first-order valence-corrected chi connectivity index (χ1v) is 9.55. The van der Waals surface area contributed by atoms with Crippen molar-refractivity contribution in [2.45, 2.75) is 26.3 Å². The van der Waals surface area contributed by atoms with Crippen LogP contribution in [0.1, 0.15) is 28.3 Å². The van der Waals surface area contributed by atoms with Crippen LogP contribution in [0.25, 0.3) is 21.8 Å². The number of aryl methyl sites for hydroxylation is 2. The van der Waals surface area contributed by atoms with Gasteiger partial charge in [-0.25, -0.2) is 4.98 Å². The second-order valence-corrected chi connectivity index (χ2v) is 7.36. The Morgan fingerprint density at radius 3 is 2.93 bits per heavy atom. The number of benzene rings is 2. The minimum Gasteiger partial charge on any atom is -0.497 e. The van der Waals surface area contributed by atoms with E-state index in [1.165, 1.54) is 0 Å². The summed E-state index contributed by atoms with van der Waals surface area (Å²) in [5.74, 6) is 1.30. The molecule has 7 nitrogen and oxygen atoms in total. The number of hydrogen-bond donors (Lipinski definition) is 2. The predicted octanol–water partition coefficient (Wildman–Crippen LogP) is 3.39. The molecule has 0 spiro atoms. The van der Waals surface area contributed by atoms with Crippen LogP contribution in [0, 0.1) is 6.92 Å². The van der Waals surface area contributed by atoms with Crippen LogP contribution in [0.5, 0.6) is 5.75 Å². The molecule has 7 heteroatoms. The number of nitrogens with one attached hydrogen (secondary N) is 2. The molecule has 1 amide bonds. The summed E-state index contributed by atoms with van der Waals surface area (Å²) in [6.45, 7) is 2.60. The highest BCUT2D eigenvalue weighted by Crippen LogP contribution is 2.25. The number of amides is 1. The number of rotatable bonds is 3. The van der Waals surface area contributed by atoms with E-state index in [9.17, 15) is 9.59 Å². The number of ether oxygens (including phenoxy) is 1. The Morgan fingerprint density at radius 1 is 1.24 bits per heavy atom. The second-order valence-electron chi connectivity index (χ2n) is 7.36. The Bertz CT molecular complexity index is 1350. The maximum Gasteiger partial charge on any atom is 0.272 e. The van der Waals surface area contributed by atoms with E-state index < -0.39 is 0 Å². The molecule has 2 aromatic carbocycles. The fourth-order valence-corrected chi connectivity index (χ4v) is 3.92. The van der Waals surface area contributed by atoms with E-state index in [4.69, 9.17) is 4.74 Å². The van der Waals surface area contributed by atoms with E-state index >= 15 is 0 Å². The van der Waals surface area contributed by atoms with E-state index in [2.05, 4.69) is 15.3 Å². The molecule has 1 aliphatic rings. The summed E-state index contributed by atoms with van der Waals surface area (Å²) in [7, 11) is 1.61. The number of aromatic amines is 1. The monoisotopic (exact) mass is 388 g/mol. The number of methoxy groups -OCH3 is 1. The molecule has 5 rings (SSSR count). The molecule has 0 aliphatic carbocycles. The van der Waals surface area contributed by atoms with Crippen LogP contribution in [0.3, 0.4) is 0 Å². The van der Waals surface area contributed by atoms with Crippen molar-refractivity contribution >= 4 is 33.4 Å². The van der Waals surface area contributed by atoms with Crippen molar-refractivity contribution in [3.63, 3.8) is 0 Å². The zero-order chi connectivity index (χ0) is 20.1. The average molecular weight is 388 g/mol. The van der Waals surface area contributed by atoms with Gasteiger partial charge in [-0.15, -0.1) is 0 Å². The lowest BCUT2D eigenvalue weighted by Crippen LogP contribution is -2.21. The molecule has 1 aliphatic heterocycles.